The van der Waals surface area contributed by atoms with Crippen LogP contribution in [0.1, 0.15) is 51.4 Å². The Morgan fingerprint density at radius 3 is 2.45 bits per heavy atom. The lowest BCUT2D eigenvalue weighted by Gasteiger charge is -2.24. The third-order valence-electron chi connectivity index (χ3n) is 4.65. The van der Waals surface area contributed by atoms with Crippen molar-refractivity contribution >= 4 is 16.0 Å². The molecule has 2 saturated carbocycles. The molecule has 0 amide bonds. The summed E-state index contributed by atoms with van der Waals surface area (Å²) in [6, 6.07) is 0. The SMILES string of the molecule is COC(=O)C1CCCC1S(=O)(=O)NCC1CCCCC1. The minimum Gasteiger partial charge on any atom is -0.469 e. The van der Waals surface area contributed by atoms with E-state index >= 15 is 0 Å². The van der Waals surface area contributed by atoms with Gasteiger partial charge in [-0.2, -0.15) is 0 Å². The molecule has 0 bridgehead atoms. The normalized spacial score (nSPS) is 28.4. The van der Waals surface area contributed by atoms with Gasteiger partial charge in [-0.15, -0.1) is 0 Å². The van der Waals surface area contributed by atoms with Crippen molar-refractivity contribution in [3.05, 3.63) is 0 Å². The van der Waals surface area contributed by atoms with Crippen molar-refractivity contribution in [2.75, 3.05) is 13.7 Å². The predicted octanol–water partition coefficient (Wildman–Crippen LogP) is 1.83. The summed E-state index contributed by atoms with van der Waals surface area (Å²) in [4.78, 5) is 11.7. The quantitative estimate of drug-likeness (QED) is 0.786. The second-order valence-corrected chi connectivity index (χ2v) is 7.98. The number of carbonyl (C=O) groups is 1. The minimum atomic E-state index is -3.41. The molecule has 1 N–H and O–H groups in total. The first kappa shape index (κ1) is 15.8. The maximum Gasteiger partial charge on any atom is 0.310 e. The topological polar surface area (TPSA) is 72.5 Å². The molecule has 116 valence electrons. The van der Waals surface area contributed by atoms with Gasteiger partial charge in [0.1, 0.15) is 0 Å². The van der Waals surface area contributed by atoms with Crippen molar-refractivity contribution < 1.29 is 17.9 Å². The van der Waals surface area contributed by atoms with Crippen LogP contribution in [0.2, 0.25) is 0 Å². The Bertz CT molecular complexity index is 428. The van der Waals surface area contributed by atoms with E-state index in [1.54, 1.807) is 0 Å². The highest BCUT2D eigenvalue weighted by Crippen LogP contribution is 2.32. The molecule has 2 atom stereocenters. The molecule has 0 aromatic carbocycles. The van der Waals surface area contributed by atoms with Gasteiger partial charge in [-0.3, -0.25) is 4.79 Å². The number of esters is 1. The second-order valence-electron chi connectivity index (χ2n) is 6.00. The third kappa shape index (κ3) is 3.73. The van der Waals surface area contributed by atoms with E-state index in [9.17, 15) is 13.2 Å². The first-order chi connectivity index (χ1) is 9.54. The molecule has 0 aliphatic heterocycles. The van der Waals surface area contributed by atoms with Gasteiger partial charge in [0.25, 0.3) is 0 Å². The van der Waals surface area contributed by atoms with Crippen molar-refractivity contribution in [1.82, 2.24) is 4.72 Å². The molecule has 0 saturated heterocycles. The van der Waals surface area contributed by atoms with Crippen molar-refractivity contribution in [2.24, 2.45) is 11.8 Å². The van der Waals surface area contributed by atoms with Crippen molar-refractivity contribution in [1.29, 1.82) is 0 Å². The lowest BCUT2D eigenvalue weighted by molar-refractivity contribution is -0.145. The Labute approximate surface area is 121 Å². The summed E-state index contributed by atoms with van der Waals surface area (Å²) < 4.78 is 32.2. The van der Waals surface area contributed by atoms with E-state index < -0.39 is 27.2 Å². The molecule has 2 aliphatic rings. The van der Waals surface area contributed by atoms with E-state index in [0.29, 0.717) is 25.3 Å². The van der Waals surface area contributed by atoms with Gasteiger partial charge in [-0.1, -0.05) is 25.7 Å². The van der Waals surface area contributed by atoms with Crippen LogP contribution in [0.15, 0.2) is 0 Å². The van der Waals surface area contributed by atoms with Crippen LogP contribution in [0.4, 0.5) is 0 Å². The molecule has 20 heavy (non-hydrogen) atoms. The monoisotopic (exact) mass is 303 g/mol. The molecule has 2 rings (SSSR count). The molecule has 0 aromatic heterocycles. The van der Waals surface area contributed by atoms with Gasteiger partial charge in [-0.25, -0.2) is 13.1 Å². The number of carbonyl (C=O) groups excluding carboxylic acids is 1. The third-order valence-corrected chi connectivity index (χ3v) is 6.58. The molecule has 2 fully saturated rings. The zero-order valence-electron chi connectivity index (χ0n) is 12.1. The van der Waals surface area contributed by atoms with Crippen LogP contribution < -0.4 is 4.72 Å². The molecule has 6 heteroatoms. The first-order valence-corrected chi connectivity index (χ1v) is 9.15. The number of hydrogen-bond acceptors (Lipinski definition) is 4. The van der Waals surface area contributed by atoms with Crippen molar-refractivity contribution in [3.8, 4) is 0 Å². The summed E-state index contributed by atoms with van der Waals surface area (Å²) in [5.74, 6) is -0.434. The average Bonchev–Trinajstić information content (AvgIpc) is 2.96. The number of nitrogens with one attached hydrogen (secondary N) is 1. The molecule has 0 radical (unpaired) electrons. The molecule has 0 aromatic rings. The number of rotatable bonds is 5. The molecular weight excluding hydrogens is 278 g/mol. The Balaban J connectivity index is 1.93. The van der Waals surface area contributed by atoms with Crippen LogP contribution in [0.25, 0.3) is 0 Å². The van der Waals surface area contributed by atoms with Crippen LogP contribution in [0.3, 0.4) is 0 Å². The second kappa shape index (κ2) is 6.89. The highest BCUT2D eigenvalue weighted by Gasteiger charge is 2.42. The van der Waals surface area contributed by atoms with Gasteiger partial charge < -0.3 is 4.74 Å². The highest BCUT2D eigenvalue weighted by molar-refractivity contribution is 7.90. The largest absolute Gasteiger partial charge is 0.469 e. The Kier molecular flexibility index (Phi) is 5.43. The van der Waals surface area contributed by atoms with Crippen LogP contribution >= 0.6 is 0 Å². The Morgan fingerprint density at radius 1 is 1.10 bits per heavy atom. The molecular formula is C14H25NO4S. The minimum absolute atomic E-state index is 0.393. The number of methoxy groups -OCH3 is 1. The fraction of sp³-hybridized carbons (Fsp3) is 0.929. The number of sulfonamides is 1. The summed E-state index contributed by atoms with van der Waals surface area (Å²) in [6.07, 6.45) is 7.80. The number of hydrogen-bond donors (Lipinski definition) is 1. The maximum absolute atomic E-state index is 12.4. The molecule has 0 spiro atoms. The molecule has 2 unspecified atom stereocenters. The van der Waals surface area contributed by atoms with E-state index in [-0.39, 0.29) is 0 Å². The van der Waals surface area contributed by atoms with Gasteiger partial charge in [0.05, 0.1) is 18.3 Å². The molecule has 2 aliphatic carbocycles. The summed E-state index contributed by atoms with van der Waals surface area (Å²) >= 11 is 0. The molecule has 0 heterocycles. The summed E-state index contributed by atoms with van der Waals surface area (Å²) in [7, 11) is -2.10. The van der Waals surface area contributed by atoms with Crippen LogP contribution in [0, 0.1) is 11.8 Å². The number of ether oxygens (including phenoxy) is 1. The Hall–Kier alpha value is -0.620. The van der Waals surface area contributed by atoms with Gasteiger partial charge in [0, 0.05) is 6.54 Å². The maximum atomic E-state index is 12.4. The average molecular weight is 303 g/mol. The van der Waals surface area contributed by atoms with E-state index in [4.69, 9.17) is 4.74 Å². The van der Waals surface area contributed by atoms with Crippen LogP contribution in [0.5, 0.6) is 0 Å². The van der Waals surface area contributed by atoms with Gasteiger partial charge >= 0.3 is 5.97 Å². The standard InChI is InChI=1S/C14H25NO4S/c1-19-14(16)12-8-5-9-13(12)20(17,18)15-10-11-6-3-2-4-7-11/h11-13,15H,2-10H2,1H3. The van der Waals surface area contributed by atoms with E-state index in [1.807, 2.05) is 0 Å². The van der Waals surface area contributed by atoms with Crippen molar-refractivity contribution in [3.63, 3.8) is 0 Å². The van der Waals surface area contributed by atoms with Crippen LogP contribution in [-0.4, -0.2) is 33.3 Å². The van der Waals surface area contributed by atoms with E-state index in [2.05, 4.69) is 4.72 Å². The summed E-state index contributed by atoms with van der Waals surface area (Å²) in [5, 5.41) is -0.612. The van der Waals surface area contributed by atoms with Gasteiger partial charge in [0.15, 0.2) is 0 Å². The zero-order chi connectivity index (χ0) is 14.6. The molecule has 5 nitrogen and oxygen atoms in total. The predicted molar refractivity (Wildman–Crippen MR) is 76.6 cm³/mol. The fourth-order valence-electron chi connectivity index (χ4n) is 3.45. The highest BCUT2D eigenvalue weighted by atomic mass is 32.2. The Morgan fingerprint density at radius 2 is 1.80 bits per heavy atom. The zero-order valence-corrected chi connectivity index (χ0v) is 13.0. The smallest absolute Gasteiger partial charge is 0.310 e. The van der Waals surface area contributed by atoms with Gasteiger partial charge in [-0.05, 0) is 31.6 Å². The van der Waals surface area contributed by atoms with E-state index in [1.165, 1.54) is 26.4 Å². The summed E-state index contributed by atoms with van der Waals surface area (Å²) in [6.45, 7) is 0.521. The lowest BCUT2D eigenvalue weighted by atomic mass is 9.90. The lowest BCUT2D eigenvalue weighted by Crippen LogP contribution is -2.41. The first-order valence-electron chi connectivity index (χ1n) is 7.61. The summed E-state index contributed by atoms with van der Waals surface area (Å²) in [5.41, 5.74) is 0. The van der Waals surface area contributed by atoms with Crippen LogP contribution in [-0.2, 0) is 19.6 Å². The van der Waals surface area contributed by atoms with E-state index in [0.717, 1.165) is 19.3 Å². The van der Waals surface area contributed by atoms with Gasteiger partial charge in [0.2, 0.25) is 10.0 Å². The van der Waals surface area contributed by atoms with Crippen molar-refractivity contribution in [2.45, 2.75) is 56.6 Å². The fourth-order valence-corrected chi connectivity index (χ4v) is 5.29.